The van der Waals surface area contributed by atoms with Crippen molar-refractivity contribution >= 4 is 24.0 Å². The zero-order chi connectivity index (χ0) is 25.8. The minimum absolute atomic E-state index is 0.173. The molecule has 0 radical (unpaired) electrons. The van der Waals surface area contributed by atoms with E-state index in [1.807, 2.05) is 18.2 Å². The first-order valence-corrected chi connectivity index (χ1v) is 11.3. The van der Waals surface area contributed by atoms with Gasteiger partial charge in [-0.3, -0.25) is 4.79 Å². The molecule has 0 fully saturated rings. The average molecular weight is 477 g/mol. The van der Waals surface area contributed by atoms with Crippen LogP contribution in [0.25, 0.3) is 6.08 Å². The van der Waals surface area contributed by atoms with Crippen LogP contribution < -0.4 is 10.6 Å². The number of ether oxygens (including phenoxy) is 2. The highest BCUT2D eigenvalue weighted by Gasteiger charge is 2.24. The van der Waals surface area contributed by atoms with Crippen LogP contribution in [0, 0.1) is 11.8 Å². The van der Waals surface area contributed by atoms with E-state index in [2.05, 4.69) is 41.5 Å². The first-order valence-electron chi connectivity index (χ1n) is 11.3. The van der Waals surface area contributed by atoms with Gasteiger partial charge in [0.05, 0.1) is 13.7 Å². The topological polar surface area (TPSA) is 93.7 Å². The molecule has 1 atom stereocenters. The Morgan fingerprint density at radius 3 is 2.26 bits per heavy atom. The van der Waals surface area contributed by atoms with Gasteiger partial charge in [0.15, 0.2) is 0 Å². The highest BCUT2D eigenvalue weighted by Crippen LogP contribution is 2.08. The maximum atomic E-state index is 12.6. The summed E-state index contributed by atoms with van der Waals surface area (Å²) in [5.41, 5.74) is 2.76. The number of methoxy groups -OCH3 is 1. The molecule has 7 heteroatoms. The Morgan fingerprint density at radius 1 is 1.03 bits per heavy atom. The van der Waals surface area contributed by atoms with Crippen LogP contribution >= 0.6 is 0 Å². The molecule has 0 aliphatic rings. The molecule has 2 aromatic carbocycles. The maximum Gasteiger partial charge on any atom is 0.407 e. The van der Waals surface area contributed by atoms with Crippen LogP contribution in [0.3, 0.4) is 0 Å². The second kappa shape index (κ2) is 13.0. The molecule has 0 saturated carbocycles. The van der Waals surface area contributed by atoms with Gasteiger partial charge in [0.25, 0.3) is 5.91 Å². The lowest BCUT2D eigenvalue weighted by molar-refractivity contribution is -0.142. The molecule has 2 N–H and O–H groups in total. The number of rotatable bonds is 7. The van der Waals surface area contributed by atoms with Crippen LogP contribution in [0.4, 0.5) is 4.79 Å². The van der Waals surface area contributed by atoms with E-state index in [4.69, 9.17) is 9.47 Å². The molecule has 0 aromatic heterocycles. The van der Waals surface area contributed by atoms with Gasteiger partial charge in [0, 0.05) is 11.1 Å². The molecule has 184 valence electrons. The van der Waals surface area contributed by atoms with Gasteiger partial charge in [0.2, 0.25) is 0 Å². The Kier molecular flexibility index (Phi) is 10.1. The summed E-state index contributed by atoms with van der Waals surface area (Å²) in [6.45, 7) is 7.11. The van der Waals surface area contributed by atoms with E-state index < -0.39 is 29.6 Å². The van der Waals surface area contributed by atoms with Gasteiger partial charge in [-0.2, -0.15) is 0 Å². The quantitative estimate of drug-likeness (QED) is 0.463. The van der Waals surface area contributed by atoms with Crippen molar-refractivity contribution in [1.29, 1.82) is 0 Å². The van der Waals surface area contributed by atoms with Gasteiger partial charge in [0.1, 0.15) is 11.6 Å². The number of carbonyl (C=O) groups is 3. The van der Waals surface area contributed by atoms with Gasteiger partial charge in [-0.05, 0) is 74.7 Å². The van der Waals surface area contributed by atoms with Crippen molar-refractivity contribution in [3.8, 4) is 11.8 Å². The molecule has 2 aromatic rings. The standard InChI is InChI=1S/C28H32N2O5/c1-6-20-11-13-21(14-12-20)9-7-8-10-22-15-17-23(18-16-22)25(31)30-24(26(32)34-5)19-29-27(33)35-28(2,3)4/h8,10-18,24H,6,19H2,1-5H3,(H,29,33)(H,30,31)/b10-8+. The van der Waals surface area contributed by atoms with Gasteiger partial charge >= 0.3 is 12.1 Å². The van der Waals surface area contributed by atoms with E-state index in [0.717, 1.165) is 17.5 Å². The number of aryl methyl sites for hydroxylation is 1. The van der Waals surface area contributed by atoms with Crippen LogP contribution in [0.5, 0.6) is 0 Å². The number of nitrogens with one attached hydrogen (secondary N) is 2. The number of esters is 1. The Morgan fingerprint density at radius 2 is 1.69 bits per heavy atom. The molecule has 2 rings (SSSR count). The first-order chi connectivity index (χ1) is 16.6. The fraction of sp³-hybridized carbons (Fsp3) is 0.321. The molecule has 0 saturated heterocycles. The van der Waals surface area contributed by atoms with Crippen LogP contribution in [0.2, 0.25) is 0 Å². The minimum Gasteiger partial charge on any atom is -0.467 e. The van der Waals surface area contributed by atoms with Crippen LogP contribution in [0.1, 0.15) is 54.7 Å². The average Bonchev–Trinajstić information content (AvgIpc) is 2.83. The lowest BCUT2D eigenvalue weighted by Gasteiger charge is -2.21. The Bertz CT molecular complexity index is 1100. The minimum atomic E-state index is -1.07. The van der Waals surface area contributed by atoms with E-state index in [0.29, 0.717) is 5.56 Å². The van der Waals surface area contributed by atoms with Gasteiger partial charge < -0.3 is 20.1 Å². The first kappa shape index (κ1) is 27.2. The Hall–Kier alpha value is -4.05. The highest BCUT2D eigenvalue weighted by atomic mass is 16.6. The zero-order valence-electron chi connectivity index (χ0n) is 20.8. The van der Waals surface area contributed by atoms with Crippen molar-refractivity contribution in [2.24, 2.45) is 0 Å². The Labute approximate surface area is 206 Å². The van der Waals surface area contributed by atoms with E-state index in [-0.39, 0.29) is 6.54 Å². The summed E-state index contributed by atoms with van der Waals surface area (Å²) < 4.78 is 9.88. The number of alkyl carbamates (subject to hydrolysis) is 1. The summed E-state index contributed by atoms with van der Waals surface area (Å²) in [5, 5.41) is 5.04. The van der Waals surface area contributed by atoms with Crippen molar-refractivity contribution in [1.82, 2.24) is 10.6 Å². The molecule has 7 nitrogen and oxygen atoms in total. The summed E-state index contributed by atoms with van der Waals surface area (Å²) in [6, 6.07) is 13.9. The van der Waals surface area contributed by atoms with E-state index >= 15 is 0 Å². The number of hydrogen-bond donors (Lipinski definition) is 2. The summed E-state index contributed by atoms with van der Waals surface area (Å²) in [5.74, 6) is 4.93. The fourth-order valence-electron chi connectivity index (χ4n) is 2.91. The Balaban J connectivity index is 1.96. The van der Waals surface area contributed by atoms with E-state index in [9.17, 15) is 14.4 Å². The highest BCUT2D eigenvalue weighted by molar-refractivity contribution is 5.97. The summed E-state index contributed by atoms with van der Waals surface area (Å²) in [6.07, 6.45) is 3.89. The largest absolute Gasteiger partial charge is 0.467 e. The molecule has 0 heterocycles. The van der Waals surface area contributed by atoms with E-state index in [1.54, 1.807) is 51.1 Å². The molecule has 0 bridgehead atoms. The predicted octanol–water partition coefficient (Wildman–Crippen LogP) is 4.11. The molecule has 2 amide bonds. The summed E-state index contributed by atoms with van der Waals surface area (Å²) in [4.78, 5) is 36.5. The number of allylic oxidation sites excluding steroid dienone is 1. The normalized spacial score (nSPS) is 11.7. The lowest BCUT2D eigenvalue weighted by atomic mass is 10.1. The van der Waals surface area contributed by atoms with E-state index in [1.165, 1.54) is 12.7 Å². The number of benzene rings is 2. The predicted molar refractivity (Wildman–Crippen MR) is 136 cm³/mol. The molecular weight excluding hydrogens is 444 g/mol. The molecule has 35 heavy (non-hydrogen) atoms. The fourth-order valence-corrected chi connectivity index (χ4v) is 2.91. The zero-order valence-corrected chi connectivity index (χ0v) is 20.8. The van der Waals surface area contributed by atoms with Crippen molar-refractivity contribution in [2.75, 3.05) is 13.7 Å². The van der Waals surface area contributed by atoms with Crippen molar-refractivity contribution in [2.45, 2.75) is 45.8 Å². The number of carbonyl (C=O) groups excluding carboxylic acids is 3. The number of hydrogen-bond acceptors (Lipinski definition) is 5. The third-order valence-corrected chi connectivity index (χ3v) is 4.75. The third kappa shape index (κ3) is 9.76. The third-order valence-electron chi connectivity index (χ3n) is 4.75. The van der Waals surface area contributed by atoms with Crippen molar-refractivity contribution < 1.29 is 23.9 Å². The second-order valence-electron chi connectivity index (χ2n) is 8.71. The van der Waals surface area contributed by atoms with Gasteiger partial charge in [-0.25, -0.2) is 9.59 Å². The summed E-state index contributed by atoms with van der Waals surface area (Å²) in [7, 11) is 1.21. The molecular formula is C28H32N2O5. The monoisotopic (exact) mass is 476 g/mol. The molecule has 0 aliphatic heterocycles. The molecule has 0 aliphatic carbocycles. The van der Waals surface area contributed by atoms with Gasteiger partial charge in [-0.15, -0.1) is 0 Å². The smallest absolute Gasteiger partial charge is 0.407 e. The molecule has 1 unspecified atom stereocenters. The molecule has 0 spiro atoms. The second-order valence-corrected chi connectivity index (χ2v) is 8.71. The van der Waals surface area contributed by atoms with Crippen LogP contribution in [0.15, 0.2) is 54.6 Å². The van der Waals surface area contributed by atoms with Gasteiger partial charge in [-0.1, -0.05) is 43.0 Å². The maximum absolute atomic E-state index is 12.6. The van der Waals surface area contributed by atoms with Crippen LogP contribution in [-0.4, -0.2) is 43.3 Å². The SMILES string of the molecule is CCc1ccc(C#C/C=C/c2ccc(C(=O)NC(CNC(=O)OC(C)(C)C)C(=O)OC)cc2)cc1. The lowest BCUT2D eigenvalue weighted by Crippen LogP contribution is -2.49. The van der Waals surface area contributed by atoms with Crippen molar-refractivity contribution in [3.05, 3.63) is 76.9 Å². The van der Waals surface area contributed by atoms with Crippen molar-refractivity contribution in [3.63, 3.8) is 0 Å². The number of amides is 2. The summed E-state index contributed by atoms with van der Waals surface area (Å²) >= 11 is 0. The van der Waals surface area contributed by atoms with Crippen LogP contribution in [-0.2, 0) is 20.7 Å².